The summed E-state index contributed by atoms with van der Waals surface area (Å²) in [6.07, 6.45) is 0.857. The molecule has 1 saturated heterocycles. The molecule has 0 bridgehead atoms. The van der Waals surface area contributed by atoms with Crippen LogP contribution < -0.4 is 10.2 Å². The number of carbonyl (C=O) groups excluding carboxylic acids is 1. The lowest BCUT2D eigenvalue weighted by Gasteiger charge is -2.27. The van der Waals surface area contributed by atoms with Gasteiger partial charge in [-0.05, 0) is 30.0 Å². The molecule has 4 rings (SSSR count). The van der Waals surface area contributed by atoms with Crippen molar-refractivity contribution in [3.63, 3.8) is 0 Å². The molecule has 1 aliphatic rings. The third kappa shape index (κ3) is 5.17. The Kier molecular flexibility index (Phi) is 6.81. The van der Waals surface area contributed by atoms with Crippen LogP contribution in [-0.2, 0) is 16.0 Å². The molecule has 0 radical (unpaired) electrons. The van der Waals surface area contributed by atoms with E-state index in [1.165, 1.54) is 16.6 Å². The summed E-state index contributed by atoms with van der Waals surface area (Å²) in [4.78, 5) is 15.7. The predicted octanol–water partition coefficient (Wildman–Crippen LogP) is 2.62. The first kappa shape index (κ1) is 19.9. The first-order valence-corrected chi connectivity index (χ1v) is 11.4. The second-order valence-corrected chi connectivity index (χ2v) is 8.50. The molecule has 9 heteroatoms. The standard InChI is InChI=1S/C20H23N5O2S2/c26-18(21-9-8-17-7-4-14-28-17)15-29-20-23-22-19(24-10-12-27-13-11-24)25(20)16-5-2-1-3-6-16/h1-7,14H,8-13,15H2,(H,21,26). The van der Waals surface area contributed by atoms with Crippen LogP contribution in [0, 0.1) is 0 Å². The number of para-hydroxylation sites is 1. The number of aromatic nitrogens is 3. The van der Waals surface area contributed by atoms with Crippen molar-refractivity contribution in [1.82, 2.24) is 20.1 Å². The van der Waals surface area contributed by atoms with Crippen LogP contribution in [0.2, 0.25) is 0 Å². The molecule has 1 aromatic carbocycles. The van der Waals surface area contributed by atoms with Gasteiger partial charge in [-0.1, -0.05) is 36.0 Å². The second-order valence-electron chi connectivity index (χ2n) is 6.52. The fraction of sp³-hybridized carbons (Fsp3) is 0.350. The van der Waals surface area contributed by atoms with Gasteiger partial charge in [-0.15, -0.1) is 21.5 Å². The first-order chi connectivity index (χ1) is 14.3. The average molecular weight is 430 g/mol. The van der Waals surface area contributed by atoms with Gasteiger partial charge in [0.05, 0.1) is 24.7 Å². The smallest absolute Gasteiger partial charge is 0.232 e. The molecule has 0 unspecified atom stereocenters. The Morgan fingerprint density at radius 1 is 1.14 bits per heavy atom. The van der Waals surface area contributed by atoms with Crippen molar-refractivity contribution in [2.75, 3.05) is 43.5 Å². The van der Waals surface area contributed by atoms with E-state index in [9.17, 15) is 4.79 Å². The number of nitrogens with zero attached hydrogens (tertiary/aromatic N) is 4. The van der Waals surface area contributed by atoms with Crippen molar-refractivity contribution in [2.45, 2.75) is 11.6 Å². The van der Waals surface area contributed by atoms with Gasteiger partial charge in [-0.2, -0.15) is 0 Å². The molecule has 1 fully saturated rings. The van der Waals surface area contributed by atoms with E-state index in [2.05, 4.69) is 31.9 Å². The van der Waals surface area contributed by atoms with Gasteiger partial charge in [0.15, 0.2) is 5.16 Å². The van der Waals surface area contributed by atoms with Crippen molar-refractivity contribution >= 4 is 35.0 Å². The molecule has 7 nitrogen and oxygen atoms in total. The normalized spacial score (nSPS) is 14.1. The molecule has 3 heterocycles. The van der Waals surface area contributed by atoms with Gasteiger partial charge in [0.2, 0.25) is 11.9 Å². The zero-order valence-corrected chi connectivity index (χ0v) is 17.6. The van der Waals surface area contributed by atoms with E-state index in [4.69, 9.17) is 4.74 Å². The van der Waals surface area contributed by atoms with Gasteiger partial charge in [-0.3, -0.25) is 9.36 Å². The van der Waals surface area contributed by atoms with Crippen LogP contribution in [-0.4, -0.2) is 59.3 Å². The number of hydrogen-bond acceptors (Lipinski definition) is 7. The maximum Gasteiger partial charge on any atom is 0.232 e. The van der Waals surface area contributed by atoms with Crippen LogP contribution in [0.3, 0.4) is 0 Å². The number of morpholine rings is 1. The summed E-state index contributed by atoms with van der Waals surface area (Å²) in [5, 5.41) is 14.5. The Morgan fingerprint density at radius 2 is 1.97 bits per heavy atom. The summed E-state index contributed by atoms with van der Waals surface area (Å²) >= 11 is 3.11. The minimum absolute atomic E-state index is 0.00194. The van der Waals surface area contributed by atoms with Gasteiger partial charge in [0, 0.05) is 24.5 Å². The molecule has 0 aliphatic carbocycles. The third-order valence-corrected chi connectivity index (χ3v) is 6.40. The predicted molar refractivity (Wildman–Crippen MR) is 116 cm³/mol. The molecule has 0 saturated carbocycles. The zero-order valence-electron chi connectivity index (χ0n) is 16.0. The molecule has 152 valence electrons. The topological polar surface area (TPSA) is 72.3 Å². The van der Waals surface area contributed by atoms with E-state index in [0.29, 0.717) is 30.7 Å². The van der Waals surface area contributed by atoms with Crippen molar-refractivity contribution in [3.05, 3.63) is 52.7 Å². The number of ether oxygens (including phenoxy) is 1. The monoisotopic (exact) mass is 429 g/mol. The lowest BCUT2D eigenvalue weighted by Crippen LogP contribution is -2.37. The van der Waals surface area contributed by atoms with Crippen LogP contribution in [0.15, 0.2) is 53.0 Å². The lowest BCUT2D eigenvalue weighted by molar-refractivity contribution is -0.118. The van der Waals surface area contributed by atoms with Gasteiger partial charge in [0.25, 0.3) is 0 Å². The molecule has 1 aliphatic heterocycles. The Morgan fingerprint density at radius 3 is 2.72 bits per heavy atom. The largest absolute Gasteiger partial charge is 0.378 e. The van der Waals surface area contributed by atoms with E-state index in [1.54, 1.807) is 11.3 Å². The minimum atomic E-state index is 0.00194. The molecular formula is C20H23N5O2S2. The molecule has 0 atom stereocenters. The Labute approximate surface area is 178 Å². The maximum atomic E-state index is 12.3. The summed E-state index contributed by atoms with van der Waals surface area (Å²) in [5.41, 5.74) is 0.986. The lowest BCUT2D eigenvalue weighted by atomic mass is 10.3. The minimum Gasteiger partial charge on any atom is -0.378 e. The van der Waals surface area contributed by atoms with Gasteiger partial charge >= 0.3 is 0 Å². The summed E-state index contributed by atoms with van der Waals surface area (Å²) < 4.78 is 7.48. The Balaban J connectivity index is 1.42. The summed E-state index contributed by atoms with van der Waals surface area (Å²) in [5.74, 6) is 1.10. The number of nitrogens with one attached hydrogen (secondary N) is 1. The number of carbonyl (C=O) groups is 1. The zero-order chi connectivity index (χ0) is 19.9. The van der Waals surface area contributed by atoms with E-state index >= 15 is 0 Å². The highest BCUT2D eigenvalue weighted by atomic mass is 32.2. The molecule has 0 spiro atoms. The number of hydrogen-bond donors (Lipinski definition) is 1. The van der Waals surface area contributed by atoms with Gasteiger partial charge < -0.3 is 15.0 Å². The highest BCUT2D eigenvalue weighted by Gasteiger charge is 2.22. The Hall–Kier alpha value is -2.36. The molecule has 3 aromatic rings. The van der Waals surface area contributed by atoms with Crippen LogP contribution >= 0.6 is 23.1 Å². The summed E-state index contributed by atoms with van der Waals surface area (Å²) in [6, 6.07) is 14.1. The highest BCUT2D eigenvalue weighted by molar-refractivity contribution is 7.99. The number of amides is 1. The first-order valence-electron chi connectivity index (χ1n) is 9.56. The van der Waals surface area contributed by atoms with Crippen molar-refractivity contribution in [1.29, 1.82) is 0 Å². The van der Waals surface area contributed by atoms with Crippen molar-refractivity contribution in [2.24, 2.45) is 0 Å². The fourth-order valence-electron chi connectivity index (χ4n) is 3.09. The average Bonchev–Trinajstić information content (AvgIpc) is 3.43. The SMILES string of the molecule is O=C(CSc1nnc(N2CCOCC2)n1-c1ccccc1)NCCc1cccs1. The summed E-state index contributed by atoms with van der Waals surface area (Å²) in [6.45, 7) is 3.55. The maximum absolute atomic E-state index is 12.3. The number of thiophene rings is 1. The third-order valence-electron chi connectivity index (χ3n) is 4.53. The van der Waals surface area contributed by atoms with E-state index in [-0.39, 0.29) is 5.91 Å². The molecule has 29 heavy (non-hydrogen) atoms. The van der Waals surface area contributed by atoms with E-state index in [1.807, 2.05) is 41.0 Å². The van der Waals surface area contributed by atoms with Crippen LogP contribution in [0.5, 0.6) is 0 Å². The molecule has 1 amide bonds. The van der Waals surface area contributed by atoms with Crippen LogP contribution in [0.25, 0.3) is 5.69 Å². The number of benzene rings is 1. The number of thioether (sulfide) groups is 1. The Bertz CT molecular complexity index is 908. The van der Waals surface area contributed by atoms with Gasteiger partial charge in [0.1, 0.15) is 0 Å². The molecule has 2 aromatic heterocycles. The van der Waals surface area contributed by atoms with E-state index < -0.39 is 0 Å². The number of anilines is 1. The van der Waals surface area contributed by atoms with Gasteiger partial charge in [-0.25, -0.2) is 0 Å². The fourth-order valence-corrected chi connectivity index (χ4v) is 4.57. The number of rotatable bonds is 8. The van der Waals surface area contributed by atoms with Crippen LogP contribution in [0.1, 0.15) is 4.88 Å². The van der Waals surface area contributed by atoms with Crippen LogP contribution in [0.4, 0.5) is 5.95 Å². The van der Waals surface area contributed by atoms with Crippen molar-refractivity contribution < 1.29 is 9.53 Å². The van der Waals surface area contributed by atoms with E-state index in [0.717, 1.165) is 31.1 Å². The highest BCUT2D eigenvalue weighted by Crippen LogP contribution is 2.27. The summed E-state index contributed by atoms with van der Waals surface area (Å²) in [7, 11) is 0. The second kappa shape index (κ2) is 9.91. The van der Waals surface area contributed by atoms with Crippen molar-refractivity contribution in [3.8, 4) is 5.69 Å². The molecule has 1 N–H and O–H groups in total. The quantitative estimate of drug-likeness (QED) is 0.555. The molecular weight excluding hydrogens is 406 g/mol.